The number of amides is 1. The van der Waals surface area contributed by atoms with E-state index in [0.717, 1.165) is 0 Å². The van der Waals surface area contributed by atoms with Gasteiger partial charge in [0.05, 0.1) is 47.7 Å². The Hall–Kier alpha value is -4.01. The molecule has 0 saturated carbocycles. The summed E-state index contributed by atoms with van der Waals surface area (Å²) in [6.07, 6.45) is 2.87. The van der Waals surface area contributed by atoms with Crippen LogP contribution in [0.15, 0.2) is 42.7 Å². The van der Waals surface area contributed by atoms with Crippen molar-refractivity contribution in [3.05, 3.63) is 70.8 Å². The van der Waals surface area contributed by atoms with E-state index in [2.05, 4.69) is 15.4 Å². The summed E-state index contributed by atoms with van der Waals surface area (Å²) in [6, 6.07) is 8.28. The number of anilines is 1. The minimum absolute atomic E-state index is 0.248. The van der Waals surface area contributed by atoms with E-state index in [1.54, 1.807) is 56.6 Å². The maximum absolute atomic E-state index is 12.7. The molecule has 0 radical (unpaired) electrons. The minimum atomic E-state index is -0.503. The number of carbonyl (C=O) groups is 3. The van der Waals surface area contributed by atoms with Gasteiger partial charge in [0.2, 0.25) is 0 Å². The Labute approximate surface area is 185 Å². The van der Waals surface area contributed by atoms with Crippen molar-refractivity contribution in [2.75, 3.05) is 18.5 Å². The summed E-state index contributed by atoms with van der Waals surface area (Å²) in [6.45, 7) is 7.49. The number of aryl methyl sites for hydroxylation is 1. The van der Waals surface area contributed by atoms with Gasteiger partial charge in [0.1, 0.15) is 5.56 Å². The van der Waals surface area contributed by atoms with Crippen molar-refractivity contribution >= 4 is 23.5 Å². The van der Waals surface area contributed by atoms with Crippen LogP contribution in [0.4, 0.5) is 5.69 Å². The SMILES string of the molecule is CCOC(=O)c1cnc(C)c(NC(=O)c2ccc(-n3ncc(C(=O)OCC)c3C)cc2)c1. The minimum Gasteiger partial charge on any atom is -0.462 e. The Kier molecular flexibility index (Phi) is 6.99. The van der Waals surface area contributed by atoms with E-state index in [1.807, 2.05) is 0 Å². The summed E-state index contributed by atoms with van der Waals surface area (Å²) in [5, 5.41) is 7.02. The van der Waals surface area contributed by atoms with Gasteiger partial charge in [-0.15, -0.1) is 0 Å². The predicted molar refractivity (Wildman–Crippen MR) is 117 cm³/mol. The van der Waals surface area contributed by atoms with Crippen LogP contribution in [0.2, 0.25) is 0 Å². The molecule has 0 fully saturated rings. The van der Waals surface area contributed by atoms with Crippen molar-refractivity contribution in [1.29, 1.82) is 0 Å². The average molecular weight is 436 g/mol. The van der Waals surface area contributed by atoms with E-state index < -0.39 is 11.9 Å². The molecule has 1 aromatic carbocycles. The number of ether oxygens (including phenoxy) is 2. The van der Waals surface area contributed by atoms with E-state index >= 15 is 0 Å². The van der Waals surface area contributed by atoms with Crippen molar-refractivity contribution in [1.82, 2.24) is 14.8 Å². The molecule has 0 bridgehead atoms. The predicted octanol–water partition coefficient (Wildman–Crippen LogP) is 3.49. The highest BCUT2D eigenvalue weighted by Gasteiger charge is 2.17. The average Bonchev–Trinajstić information content (AvgIpc) is 3.17. The first-order chi connectivity index (χ1) is 15.3. The highest BCUT2D eigenvalue weighted by atomic mass is 16.5. The molecule has 0 saturated heterocycles. The molecule has 9 nitrogen and oxygen atoms in total. The monoisotopic (exact) mass is 436 g/mol. The summed E-state index contributed by atoms with van der Waals surface area (Å²) in [4.78, 5) is 40.8. The molecule has 0 aliphatic rings. The molecule has 166 valence electrons. The second-order valence-electron chi connectivity index (χ2n) is 6.85. The molecule has 0 unspecified atom stereocenters. The van der Waals surface area contributed by atoms with Crippen LogP contribution in [0.5, 0.6) is 0 Å². The van der Waals surface area contributed by atoms with Gasteiger partial charge in [0.15, 0.2) is 0 Å². The van der Waals surface area contributed by atoms with Crippen molar-refractivity contribution in [3.63, 3.8) is 0 Å². The standard InChI is InChI=1S/C23H24N4O5/c1-5-31-22(29)17-11-20(14(3)24-12-17)26-21(28)16-7-9-18(10-8-16)27-15(4)19(13-25-27)23(30)32-6-2/h7-13H,5-6H2,1-4H3,(H,26,28). The summed E-state index contributed by atoms with van der Waals surface area (Å²) in [5.74, 6) is -1.29. The van der Waals surface area contributed by atoms with Crippen LogP contribution in [0.25, 0.3) is 5.69 Å². The number of aromatic nitrogens is 3. The van der Waals surface area contributed by atoms with Crippen LogP contribution >= 0.6 is 0 Å². The fourth-order valence-corrected chi connectivity index (χ4v) is 3.01. The molecule has 1 amide bonds. The Morgan fingerprint density at radius 3 is 2.25 bits per heavy atom. The van der Waals surface area contributed by atoms with Crippen LogP contribution < -0.4 is 5.32 Å². The molecule has 9 heteroatoms. The number of benzene rings is 1. The van der Waals surface area contributed by atoms with Gasteiger partial charge in [-0.25, -0.2) is 14.3 Å². The van der Waals surface area contributed by atoms with Gasteiger partial charge in [-0.1, -0.05) is 0 Å². The Bertz CT molecular complexity index is 1150. The van der Waals surface area contributed by atoms with E-state index in [0.29, 0.717) is 33.9 Å². The van der Waals surface area contributed by atoms with E-state index in [1.165, 1.54) is 18.5 Å². The van der Waals surface area contributed by atoms with Gasteiger partial charge in [-0.2, -0.15) is 5.10 Å². The molecule has 32 heavy (non-hydrogen) atoms. The van der Waals surface area contributed by atoms with Gasteiger partial charge in [-0.05, 0) is 58.0 Å². The lowest BCUT2D eigenvalue weighted by molar-refractivity contribution is 0.0516. The van der Waals surface area contributed by atoms with Crippen molar-refractivity contribution in [2.45, 2.75) is 27.7 Å². The quantitative estimate of drug-likeness (QED) is 0.564. The number of nitrogens with one attached hydrogen (secondary N) is 1. The number of hydrogen-bond donors (Lipinski definition) is 1. The third-order valence-electron chi connectivity index (χ3n) is 4.73. The fraction of sp³-hybridized carbons (Fsp3) is 0.261. The molecule has 3 rings (SSSR count). The Morgan fingerprint density at radius 2 is 1.59 bits per heavy atom. The fourth-order valence-electron chi connectivity index (χ4n) is 3.01. The molecule has 0 spiro atoms. The normalized spacial score (nSPS) is 10.5. The largest absolute Gasteiger partial charge is 0.462 e. The van der Waals surface area contributed by atoms with Crippen LogP contribution in [-0.4, -0.2) is 45.8 Å². The lowest BCUT2D eigenvalue weighted by Crippen LogP contribution is -2.15. The van der Waals surface area contributed by atoms with Gasteiger partial charge in [0.25, 0.3) is 5.91 Å². The lowest BCUT2D eigenvalue weighted by atomic mass is 10.1. The summed E-state index contributed by atoms with van der Waals surface area (Å²) in [5.41, 5.74) is 3.38. The van der Waals surface area contributed by atoms with Crippen LogP contribution in [0.3, 0.4) is 0 Å². The molecule has 0 aliphatic carbocycles. The summed E-state index contributed by atoms with van der Waals surface area (Å²) in [7, 11) is 0. The van der Waals surface area contributed by atoms with Crippen molar-refractivity contribution in [3.8, 4) is 5.69 Å². The summed E-state index contributed by atoms with van der Waals surface area (Å²) >= 11 is 0. The van der Waals surface area contributed by atoms with Crippen molar-refractivity contribution < 1.29 is 23.9 Å². The third kappa shape index (κ3) is 4.83. The highest BCUT2D eigenvalue weighted by Crippen LogP contribution is 2.19. The lowest BCUT2D eigenvalue weighted by Gasteiger charge is -2.10. The van der Waals surface area contributed by atoms with E-state index in [9.17, 15) is 14.4 Å². The van der Waals surface area contributed by atoms with Crippen molar-refractivity contribution in [2.24, 2.45) is 0 Å². The molecule has 0 aliphatic heterocycles. The number of pyridine rings is 1. The Balaban J connectivity index is 1.77. The maximum atomic E-state index is 12.7. The molecule has 1 N–H and O–H groups in total. The number of esters is 2. The van der Waals surface area contributed by atoms with Crippen LogP contribution in [-0.2, 0) is 9.47 Å². The first-order valence-electron chi connectivity index (χ1n) is 10.1. The molecule has 2 heterocycles. The first-order valence-corrected chi connectivity index (χ1v) is 10.1. The zero-order valence-electron chi connectivity index (χ0n) is 18.3. The van der Waals surface area contributed by atoms with Gasteiger partial charge in [-0.3, -0.25) is 9.78 Å². The number of rotatable bonds is 7. The van der Waals surface area contributed by atoms with Crippen LogP contribution in [0, 0.1) is 13.8 Å². The van der Waals surface area contributed by atoms with Gasteiger partial charge >= 0.3 is 11.9 Å². The number of carbonyl (C=O) groups excluding carboxylic acids is 3. The van der Waals surface area contributed by atoms with E-state index in [-0.39, 0.29) is 24.7 Å². The molecule has 0 atom stereocenters. The molecule has 2 aromatic heterocycles. The molecule has 3 aromatic rings. The zero-order valence-corrected chi connectivity index (χ0v) is 18.3. The van der Waals surface area contributed by atoms with Gasteiger partial charge in [0, 0.05) is 11.8 Å². The zero-order chi connectivity index (χ0) is 23.3. The second-order valence-corrected chi connectivity index (χ2v) is 6.85. The molecular weight excluding hydrogens is 412 g/mol. The first kappa shape index (κ1) is 22.7. The van der Waals surface area contributed by atoms with Gasteiger partial charge < -0.3 is 14.8 Å². The van der Waals surface area contributed by atoms with E-state index in [4.69, 9.17) is 9.47 Å². The number of hydrogen-bond acceptors (Lipinski definition) is 7. The smallest absolute Gasteiger partial charge is 0.341 e. The summed E-state index contributed by atoms with van der Waals surface area (Å²) < 4.78 is 11.6. The Morgan fingerprint density at radius 1 is 0.938 bits per heavy atom. The molecular formula is C23H24N4O5. The second kappa shape index (κ2) is 9.86. The van der Waals surface area contributed by atoms with Crippen LogP contribution in [0.1, 0.15) is 56.3 Å². The number of nitrogens with zero attached hydrogens (tertiary/aromatic N) is 3. The third-order valence-corrected chi connectivity index (χ3v) is 4.73. The highest BCUT2D eigenvalue weighted by molar-refractivity contribution is 6.05. The topological polar surface area (TPSA) is 112 Å². The maximum Gasteiger partial charge on any atom is 0.341 e.